The maximum atomic E-state index is 12.5. The predicted octanol–water partition coefficient (Wildman–Crippen LogP) is 5.85. The summed E-state index contributed by atoms with van der Waals surface area (Å²) in [4.78, 5) is 16.5. The summed E-state index contributed by atoms with van der Waals surface area (Å²) in [5.41, 5.74) is 4.95. The van der Waals surface area contributed by atoms with Crippen molar-refractivity contribution in [2.75, 3.05) is 11.9 Å². The molecule has 0 aliphatic carbocycles. The highest BCUT2D eigenvalue weighted by atomic mass is 35.5. The molecule has 2 heterocycles. The van der Waals surface area contributed by atoms with Gasteiger partial charge in [-0.15, -0.1) is 0 Å². The van der Waals surface area contributed by atoms with Gasteiger partial charge in [-0.1, -0.05) is 11.6 Å². The lowest BCUT2D eigenvalue weighted by atomic mass is 9.98. The van der Waals surface area contributed by atoms with Crippen LogP contribution in [0.3, 0.4) is 0 Å². The van der Waals surface area contributed by atoms with E-state index < -0.39 is 0 Å². The Balaban J connectivity index is 2.04. The molecule has 1 amide bonds. The van der Waals surface area contributed by atoms with E-state index in [0.717, 1.165) is 44.7 Å². The van der Waals surface area contributed by atoms with Gasteiger partial charge in [0.05, 0.1) is 12.3 Å². The van der Waals surface area contributed by atoms with E-state index in [1.54, 1.807) is 18.3 Å². The number of ether oxygens (including phenoxy) is 1. The molecular weight excluding hydrogens is 376 g/mol. The molecule has 28 heavy (non-hydrogen) atoms. The fraction of sp³-hybridized carbons (Fsp3) is 0.273. The molecule has 0 bridgehead atoms. The van der Waals surface area contributed by atoms with E-state index in [2.05, 4.69) is 10.3 Å². The SMILES string of the molecule is CCOc1c(/C(C)=C/C(=O)Nc2cccnc2Cl)cc2c(C)c(C)oc2c1C. The summed E-state index contributed by atoms with van der Waals surface area (Å²) < 4.78 is 11.8. The van der Waals surface area contributed by atoms with E-state index in [1.807, 2.05) is 40.7 Å². The van der Waals surface area contributed by atoms with Crippen molar-refractivity contribution in [1.82, 2.24) is 4.98 Å². The minimum absolute atomic E-state index is 0.249. The molecule has 0 radical (unpaired) electrons. The van der Waals surface area contributed by atoms with Crippen molar-refractivity contribution in [3.63, 3.8) is 0 Å². The fourth-order valence-corrected chi connectivity index (χ4v) is 3.32. The van der Waals surface area contributed by atoms with Gasteiger partial charge in [0.25, 0.3) is 0 Å². The van der Waals surface area contributed by atoms with E-state index in [9.17, 15) is 4.79 Å². The van der Waals surface area contributed by atoms with Gasteiger partial charge >= 0.3 is 0 Å². The van der Waals surface area contributed by atoms with Crippen molar-refractivity contribution in [3.8, 4) is 5.75 Å². The minimum atomic E-state index is -0.285. The number of pyridine rings is 1. The number of furan rings is 1. The molecule has 6 heteroatoms. The van der Waals surface area contributed by atoms with Crippen LogP contribution in [-0.2, 0) is 4.79 Å². The number of amides is 1. The van der Waals surface area contributed by atoms with E-state index >= 15 is 0 Å². The van der Waals surface area contributed by atoms with E-state index in [-0.39, 0.29) is 11.1 Å². The molecule has 146 valence electrons. The first-order chi connectivity index (χ1) is 13.3. The third-order valence-corrected chi connectivity index (χ3v) is 5.03. The zero-order valence-electron chi connectivity index (χ0n) is 16.6. The molecular formula is C22H23ClN2O3. The van der Waals surface area contributed by atoms with Gasteiger partial charge in [0.15, 0.2) is 5.15 Å². The predicted molar refractivity (Wildman–Crippen MR) is 113 cm³/mol. The molecule has 2 aromatic heterocycles. The molecule has 1 aromatic carbocycles. The van der Waals surface area contributed by atoms with Crippen molar-refractivity contribution in [3.05, 3.63) is 58.1 Å². The third kappa shape index (κ3) is 3.76. The number of fused-ring (bicyclic) bond motifs is 1. The second kappa shape index (κ2) is 8.07. The number of allylic oxidation sites excluding steroid dienone is 1. The zero-order valence-corrected chi connectivity index (χ0v) is 17.4. The summed E-state index contributed by atoms with van der Waals surface area (Å²) in [5, 5.41) is 4.03. The number of halogens is 1. The van der Waals surface area contributed by atoms with Gasteiger partial charge in [-0.05, 0) is 64.0 Å². The summed E-state index contributed by atoms with van der Waals surface area (Å²) >= 11 is 6.02. The van der Waals surface area contributed by atoms with Crippen LogP contribution in [0.25, 0.3) is 16.5 Å². The monoisotopic (exact) mass is 398 g/mol. The van der Waals surface area contributed by atoms with Gasteiger partial charge in [-0.2, -0.15) is 0 Å². The smallest absolute Gasteiger partial charge is 0.248 e. The Morgan fingerprint density at radius 1 is 1.32 bits per heavy atom. The molecule has 0 aliphatic rings. The number of nitrogens with one attached hydrogen (secondary N) is 1. The van der Waals surface area contributed by atoms with Gasteiger partial charge in [0, 0.05) is 28.8 Å². The van der Waals surface area contributed by atoms with Gasteiger partial charge in [-0.3, -0.25) is 4.79 Å². The van der Waals surface area contributed by atoms with E-state index in [1.165, 1.54) is 6.08 Å². The second-order valence-electron chi connectivity index (χ2n) is 6.63. The summed E-state index contributed by atoms with van der Waals surface area (Å²) in [7, 11) is 0. The molecule has 0 saturated carbocycles. The molecule has 3 rings (SSSR count). The average molecular weight is 399 g/mol. The van der Waals surface area contributed by atoms with Crippen molar-refractivity contribution in [2.24, 2.45) is 0 Å². The highest BCUT2D eigenvalue weighted by molar-refractivity contribution is 6.32. The number of rotatable bonds is 5. The highest BCUT2D eigenvalue weighted by Crippen LogP contribution is 2.38. The van der Waals surface area contributed by atoms with Crippen molar-refractivity contribution in [2.45, 2.75) is 34.6 Å². The van der Waals surface area contributed by atoms with Gasteiger partial charge in [0.2, 0.25) is 5.91 Å². The molecule has 0 aliphatic heterocycles. The molecule has 3 aromatic rings. The summed E-state index contributed by atoms with van der Waals surface area (Å²) in [5.74, 6) is 1.32. The second-order valence-corrected chi connectivity index (χ2v) is 6.99. The van der Waals surface area contributed by atoms with E-state index in [0.29, 0.717) is 12.3 Å². The van der Waals surface area contributed by atoms with Crippen molar-refractivity contribution in [1.29, 1.82) is 0 Å². The molecule has 0 fully saturated rings. The van der Waals surface area contributed by atoms with Crippen LogP contribution in [0.5, 0.6) is 5.75 Å². The average Bonchev–Trinajstić information content (AvgIpc) is 2.94. The number of aryl methyl sites for hydroxylation is 3. The summed E-state index contributed by atoms with van der Waals surface area (Å²) in [6, 6.07) is 5.44. The van der Waals surface area contributed by atoms with Crippen LogP contribution in [0.15, 0.2) is 34.9 Å². The number of hydrogen-bond acceptors (Lipinski definition) is 4. The summed E-state index contributed by atoms with van der Waals surface area (Å²) in [6.07, 6.45) is 3.11. The Kier molecular flexibility index (Phi) is 5.75. The first-order valence-electron chi connectivity index (χ1n) is 9.09. The Bertz CT molecular complexity index is 1080. The fourth-order valence-electron chi connectivity index (χ4n) is 3.16. The molecule has 0 unspecified atom stereocenters. The Labute approximate surface area is 169 Å². The number of aromatic nitrogens is 1. The topological polar surface area (TPSA) is 64.4 Å². The van der Waals surface area contributed by atoms with Crippen LogP contribution in [-0.4, -0.2) is 17.5 Å². The Morgan fingerprint density at radius 2 is 2.07 bits per heavy atom. The maximum Gasteiger partial charge on any atom is 0.248 e. The maximum absolute atomic E-state index is 12.5. The number of nitrogens with zero attached hydrogens (tertiary/aromatic N) is 1. The van der Waals surface area contributed by atoms with Gasteiger partial charge < -0.3 is 14.5 Å². The summed E-state index contributed by atoms with van der Waals surface area (Å²) in [6.45, 7) is 10.3. The standard InChI is InChI=1S/C22H23ClN2O3/c1-6-27-20-14(4)21-17(13(3)15(5)28-21)11-16(20)12(2)10-19(26)25-18-8-7-9-24-22(18)23/h7-11H,6H2,1-5H3,(H,25,26)/b12-10+. The lowest BCUT2D eigenvalue weighted by Gasteiger charge is -2.14. The quantitative estimate of drug-likeness (QED) is 0.432. The van der Waals surface area contributed by atoms with Crippen LogP contribution in [0, 0.1) is 20.8 Å². The Hall–Kier alpha value is -2.79. The minimum Gasteiger partial charge on any atom is -0.493 e. The lowest BCUT2D eigenvalue weighted by molar-refractivity contribution is -0.111. The van der Waals surface area contributed by atoms with Crippen LogP contribution < -0.4 is 10.1 Å². The molecule has 0 atom stereocenters. The van der Waals surface area contributed by atoms with Crippen LogP contribution in [0.1, 0.15) is 36.3 Å². The van der Waals surface area contributed by atoms with Crippen LogP contribution in [0.4, 0.5) is 5.69 Å². The number of hydrogen-bond donors (Lipinski definition) is 1. The largest absolute Gasteiger partial charge is 0.493 e. The van der Waals surface area contributed by atoms with Crippen LogP contribution >= 0.6 is 11.6 Å². The third-order valence-electron chi connectivity index (χ3n) is 4.72. The number of anilines is 1. The van der Waals surface area contributed by atoms with E-state index in [4.69, 9.17) is 20.8 Å². The highest BCUT2D eigenvalue weighted by Gasteiger charge is 2.19. The zero-order chi connectivity index (χ0) is 20.4. The van der Waals surface area contributed by atoms with Gasteiger partial charge in [-0.25, -0.2) is 4.98 Å². The molecule has 5 nitrogen and oxygen atoms in total. The van der Waals surface area contributed by atoms with Crippen LogP contribution in [0.2, 0.25) is 5.15 Å². The number of benzene rings is 1. The normalized spacial score (nSPS) is 11.7. The van der Waals surface area contributed by atoms with Gasteiger partial charge in [0.1, 0.15) is 17.1 Å². The van der Waals surface area contributed by atoms with Crippen molar-refractivity contribution >= 4 is 39.7 Å². The Morgan fingerprint density at radius 3 is 2.75 bits per heavy atom. The molecule has 1 N–H and O–H groups in total. The molecule has 0 saturated heterocycles. The van der Waals surface area contributed by atoms with Crippen molar-refractivity contribution < 1.29 is 13.9 Å². The lowest BCUT2D eigenvalue weighted by Crippen LogP contribution is -2.09. The first kappa shape index (κ1) is 20.0. The number of carbonyl (C=O) groups excluding carboxylic acids is 1. The first-order valence-corrected chi connectivity index (χ1v) is 9.47. The molecule has 0 spiro atoms. The number of carbonyl (C=O) groups is 1.